The highest BCUT2D eigenvalue weighted by atomic mass is 19.1. The highest BCUT2D eigenvalue weighted by Gasteiger charge is 2.20. The second kappa shape index (κ2) is 8.50. The van der Waals surface area contributed by atoms with Gasteiger partial charge in [0.05, 0.1) is 18.6 Å². The minimum atomic E-state index is -0.368. The number of para-hydroxylation sites is 1. The van der Waals surface area contributed by atoms with Crippen molar-refractivity contribution in [1.29, 1.82) is 0 Å². The van der Waals surface area contributed by atoms with Crippen LogP contribution in [-0.4, -0.2) is 58.4 Å². The molecule has 4 rings (SSSR count). The first-order valence-corrected chi connectivity index (χ1v) is 9.58. The van der Waals surface area contributed by atoms with Crippen LogP contribution in [-0.2, 0) is 11.3 Å². The van der Waals surface area contributed by atoms with Gasteiger partial charge in [-0.2, -0.15) is 0 Å². The van der Waals surface area contributed by atoms with Crippen LogP contribution in [0.2, 0.25) is 0 Å². The van der Waals surface area contributed by atoms with E-state index in [-0.39, 0.29) is 18.3 Å². The molecule has 2 heterocycles. The van der Waals surface area contributed by atoms with Crippen LogP contribution in [0, 0.1) is 5.82 Å². The Morgan fingerprint density at radius 2 is 1.79 bits per heavy atom. The summed E-state index contributed by atoms with van der Waals surface area (Å²) in [5.74, 6) is 0.694. The summed E-state index contributed by atoms with van der Waals surface area (Å²) in [6, 6.07) is 13.6. The van der Waals surface area contributed by atoms with Crippen molar-refractivity contribution in [2.45, 2.75) is 6.54 Å². The number of aromatic nitrogens is 2. The number of carbonyl (C=O) groups excluding carboxylic acids is 1. The summed E-state index contributed by atoms with van der Waals surface area (Å²) in [5.41, 5.74) is 7.39. The molecule has 0 aliphatic carbocycles. The fourth-order valence-electron chi connectivity index (χ4n) is 3.50. The average molecular weight is 394 g/mol. The SMILES string of the molecule is Nc1nc(CN2CCN(CC(=O)Nc3cccc(F)c3)CC2)nc2ccccc12. The van der Waals surface area contributed by atoms with E-state index >= 15 is 0 Å². The van der Waals surface area contributed by atoms with Crippen molar-refractivity contribution < 1.29 is 9.18 Å². The Kier molecular flexibility index (Phi) is 5.64. The van der Waals surface area contributed by atoms with Crippen LogP contribution in [0.3, 0.4) is 0 Å². The van der Waals surface area contributed by atoms with Gasteiger partial charge in [-0.25, -0.2) is 14.4 Å². The number of nitrogens with two attached hydrogens (primary N) is 1. The van der Waals surface area contributed by atoms with Crippen molar-refractivity contribution in [2.75, 3.05) is 43.8 Å². The Bertz CT molecular complexity index is 1020. The number of carbonyl (C=O) groups is 1. The van der Waals surface area contributed by atoms with Gasteiger partial charge in [0.1, 0.15) is 17.5 Å². The Hall–Kier alpha value is -3.10. The van der Waals surface area contributed by atoms with E-state index < -0.39 is 0 Å². The molecule has 7 nitrogen and oxygen atoms in total. The van der Waals surface area contributed by atoms with E-state index in [1.54, 1.807) is 12.1 Å². The van der Waals surface area contributed by atoms with E-state index in [1.807, 2.05) is 24.3 Å². The molecule has 0 unspecified atom stereocenters. The molecule has 1 saturated heterocycles. The fourth-order valence-corrected chi connectivity index (χ4v) is 3.50. The third-order valence-corrected chi connectivity index (χ3v) is 4.98. The molecule has 0 saturated carbocycles. The number of nitrogens with one attached hydrogen (secondary N) is 1. The molecule has 2 aromatic carbocycles. The predicted molar refractivity (Wildman–Crippen MR) is 111 cm³/mol. The molecule has 1 fully saturated rings. The molecule has 0 bridgehead atoms. The van der Waals surface area contributed by atoms with Crippen LogP contribution in [0.5, 0.6) is 0 Å². The maximum absolute atomic E-state index is 13.2. The lowest BCUT2D eigenvalue weighted by atomic mass is 10.2. The van der Waals surface area contributed by atoms with Gasteiger partial charge in [-0.05, 0) is 30.3 Å². The van der Waals surface area contributed by atoms with Gasteiger partial charge in [0, 0.05) is 37.3 Å². The number of fused-ring (bicyclic) bond motifs is 1. The van der Waals surface area contributed by atoms with E-state index in [1.165, 1.54) is 12.1 Å². The third-order valence-electron chi connectivity index (χ3n) is 4.98. The summed E-state index contributed by atoms with van der Waals surface area (Å²) in [6.07, 6.45) is 0. The van der Waals surface area contributed by atoms with Crippen molar-refractivity contribution >= 4 is 28.3 Å². The lowest BCUT2D eigenvalue weighted by Crippen LogP contribution is -2.48. The summed E-state index contributed by atoms with van der Waals surface area (Å²) in [6.45, 7) is 4.05. The predicted octanol–water partition coefficient (Wildman–Crippen LogP) is 2.11. The second-order valence-electron chi connectivity index (χ2n) is 7.15. The molecular weight excluding hydrogens is 371 g/mol. The lowest BCUT2D eigenvalue weighted by molar-refractivity contribution is -0.117. The summed E-state index contributed by atoms with van der Waals surface area (Å²) >= 11 is 0. The molecule has 0 spiro atoms. The molecule has 1 aliphatic heterocycles. The van der Waals surface area contributed by atoms with Gasteiger partial charge in [-0.1, -0.05) is 18.2 Å². The van der Waals surface area contributed by atoms with Crippen molar-refractivity contribution in [2.24, 2.45) is 0 Å². The zero-order chi connectivity index (χ0) is 20.2. The largest absolute Gasteiger partial charge is 0.383 e. The molecule has 150 valence electrons. The lowest BCUT2D eigenvalue weighted by Gasteiger charge is -2.33. The molecule has 8 heteroatoms. The topological polar surface area (TPSA) is 87.4 Å². The monoisotopic (exact) mass is 394 g/mol. The fraction of sp³-hybridized carbons (Fsp3) is 0.286. The maximum atomic E-state index is 13.2. The Morgan fingerprint density at radius 3 is 2.59 bits per heavy atom. The van der Waals surface area contributed by atoms with E-state index in [0.717, 1.165) is 37.1 Å². The van der Waals surface area contributed by atoms with Gasteiger partial charge in [0.25, 0.3) is 0 Å². The van der Waals surface area contributed by atoms with Crippen LogP contribution >= 0.6 is 0 Å². The Labute approximate surface area is 168 Å². The zero-order valence-corrected chi connectivity index (χ0v) is 16.0. The number of hydrogen-bond acceptors (Lipinski definition) is 6. The van der Waals surface area contributed by atoms with Crippen LogP contribution < -0.4 is 11.1 Å². The molecule has 3 N–H and O–H groups in total. The standard InChI is InChI=1S/C21H23FN6O/c22-15-4-3-5-16(12-15)24-20(29)14-28-10-8-27(9-11-28)13-19-25-18-7-2-1-6-17(18)21(23)26-19/h1-7,12H,8-11,13-14H2,(H,24,29)(H2,23,25,26). The minimum absolute atomic E-state index is 0.144. The number of amides is 1. The second-order valence-corrected chi connectivity index (χ2v) is 7.15. The number of halogens is 1. The normalized spacial score (nSPS) is 15.5. The molecule has 0 atom stereocenters. The highest BCUT2D eigenvalue weighted by Crippen LogP contribution is 2.18. The molecule has 1 aliphatic rings. The number of anilines is 2. The number of benzene rings is 2. The van der Waals surface area contributed by atoms with Crippen LogP contribution in [0.25, 0.3) is 10.9 Å². The number of hydrogen-bond donors (Lipinski definition) is 2. The Balaban J connectivity index is 1.29. The number of nitrogens with zero attached hydrogens (tertiary/aromatic N) is 4. The first-order valence-electron chi connectivity index (χ1n) is 9.58. The van der Waals surface area contributed by atoms with Gasteiger partial charge >= 0.3 is 0 Å². The third kappa shape index (κ3) is 4.85. The van der Waals surface area contributed by atoms with Crippen molar-refractivity contribution in [3.63, 3.8) is 0 Å². The number of nitrogen functional groups attached to an aromatic ring is 1. The average Bonchev–Trinajstić information content (AvgIpc) is 2.69. The molecule has 3 aromatic rings. The van der Waals surface area contributed by atoms with Crippen molar-refractivity contribution in [3.8, 4) is 0 Å². The van der Waals surface area contributed by atoms with Gasteiger partial charge in [-0.3, -0.25) is 14.6 Å². The molecular formula is C21H23FN6O. The maximum Gasteiger partial charge on any atom is 0.238 e. The number of rotatable bonds is 5. The van der Waals surface area contributed by atoms with E-state index in [4.69, 9.17) is 5.73 Å². The van der Waals surface area contributed by atoms with Gasteiger partial charge in [0.2, 0.25) is 5.91 Å². The van der Waals surface area contributed by atoms with Crippen LogP contribution in [0.4, 0.5) is 15.9 Å². The number of piperazine rings is 1. The first kappa shape index (κ1) is 19.2. The Morgan fingerprint density at radius 1 is 1.03 bits per heavy atom. The molecule has 29 heavy (non-hydrogen) atoms. The smallest absolute Gasteiger partial charge is 0.238 e. The summed E-state index contributed by atoms with van der Waals surface area (Å²) < 4.78 is 13.2. The van der Waals surface area contributed by atoms with E-state index in [9.17, 15) is 9.18 Å². The van der Waals surface area contributed by atoms with Crippen LogP contribution in [0.15, 0.2) is 48.5 Å². The minimum Gasteiger partial charge on any atom is -0.383 e. The quantitative estimate of drug-likeness (QED) is 0.689. The summed E-state index contributed by atoms with van der Waals surface area (Å²) in [5, 5.41) is 3.60. The van der Waals surface area contributed by atoms with Crippen molar-refractivity contribution in [3.05, 3.63) is 60.2 Å². The van der Waals surface area contributed by atoms with E-state index in [0.29, 0.717) is 23.9 Å². The van der Waals surface area contributed by atoms with Crippen molar-refractivity contribution in [1.82, 2.24) is 19.8 Å². The molecule has 1 amide bonds. The van der Waals surface area contributed by atoms with Gasteiger partial charge in [-0.15, -0.1) is 0 Å². The van der Waals surface area contributed by atoms with Gasteiger partial charge < -0.3 is 11.1 Å². The summed E-state index contributed by atoms with van der Waals surface area (Å²) in [4.78, 5) is 25.6. The molecule has 0 radical (unpaired) electrons. The first-order chi connectivity index (χ1) is 14.1. The molecule has 1 aromatic heterocycles. The highest BCUT2D eigenvalue weighted by molar-refractivity contribution is 5.92. The van der Waals surface area contributed by atoms with Gasteiger partial charge in [0.15, 0.2) is 0 Å². The van der Waals surface area contributed by atoms with Crippen LogP contribution in [0.1, 0.15) is 5.82 Å². The van der Waals surface area contributed by atoms with E-state index in [2.05, 4.69) is 25.1 Å². The summed E-state index contributed by atoms with van der Waals surface area (Å²) in [7, 11) is 0. The zero-order valence-electron chi connectivity index (χ0n) is 16.0.